The zero-order valence-corrected chi connectivity index (χ0v) is 13.7. The highest BCUT2D eigenvalue weighted by atomic mass is 16.5. The lowest BCUT2D eigenvalue weighted by Gasteiger charge is -2.27. The zero-order valence-electron chi connectivity index (χ0n) is 13.7. The van der Waals surface area contributed by atoms with Crippen LogP contribution >= 0.6 is 0 Å². The Kier molecular flexibility index (Phi) is 4.68. The Hall–Kier alpha value is -2.26. The van der Waals surface area contributed by atoms with Gasteiger partial charge in [0.25, 0.3) is 0 Å². The molecule has 0 saturated carbocycles. The highest BCUT2D eigenvalue weighted by Crippen LogP contribution is 2.38. The van der Waals surface area contributed by atoms with Crippen LogP contribution in [0.2, 0.25) is 0 Å². The predicted octanol–water partition coefficient (Wildman–Crippen LogP) is 3.64. The molecule has 23 heavy (non-hydrogen) atoms. The third-order valence-electron chi connectivity index (χ3n) is 4.40. The van der Waals surface area contributed by atoms with Crippen LogP contribution in [-0.2, 0) is 19.4 Å². The van der Waals surface area contributed by atoms with Gasteiger partial charge in [-0.1, -0.05) is 42.5 Å². The number of fused-ring (bicyclic) bond motifs is 1. The van der Waals surface area contributed by atoms with Gasteiger partial charge in [-0.2, -0.15) is 0 Å². The summed E-state index contributed by atoms with van der Waals surface area (Å²) in [5.41, 5.74) is 4.69. The van der Waals surface area contributed by atoms with Gasteiger partial charge < -0.3 is 14.7 Å². The monoisotopic (exact) mass is 309 g/mol. The molecule has 1 aliphatic rings. The summed E-state index contributed by atoms with van der Waals surface area (Å²) in [4.78, 5) is 2.22. The van der Waals surface area contributed by atoms with Crippen molar-refractivity contribution in [2.45, 2.75) is 19.4 Å². The Balaban J connectivity index is 1.91. The molecule has 0 spiro atoms. The SMILES string of the molecule is COc1cc(/C=C/Cc2ccccc2)c2c(c1O)CN(C)CC2. The van der Waals surface area contributed by atoms with Gasteiger partial charge in [-0.25, -0.2) is 0 Å². The molecule has 1 N–H and O–H groups in total. The lowest BCUT2D eigenvalue weighted by atomic mass is 9.92. The predicted molar refractivity (Wildman–Crippen MR) is 93.9 cm³/mol. The summed E-state index contributed by atoms with van der Waals surface area (Å²) in [5.74, 6) is 0.840. The number of benzene rings is 2. The highest BCUT2D eigenvalue weighted by Gasteiger charge is 2.22. The molecule has 0 aliphatic carbocycles. The van der Waals surface area contributed by atoms with Crippen molar-refractivity contribution >= 4 is 6.08 Å². The van der Waals surface area contributed by atoms with Crippen molar-refractivity contribution in [3.63, 3.8) is 0 Å². The average Bonchev–Trinajstić information content (AvgIpc) is 2.58. The van der Waals surface area contributed by atoms with E-state index in [-0.39, 0.29) is 5.75 Å². The molecule has 120 valence electrons. The molecular formula is C20H23NO2. The van der Waals surface area contributed by atoms with Crippen LogP contribution in [0.3, 0.4) is 0 Å². The second kappa shape index (κ2) is 6.88. The number of ether oxygens (including phenoxy) is 1. The van der Waals surface area contributed by atoms with Crippen LogP contribution in [0.5, 0.6) is 11.5 Å². The fourth-order valence-corrected chi connectivity index (χ4v) is 3.12. The van der Waals surface area contributed by atoms with Crippen LogP contribution in [0.4, 0.5) is 0 Å². The molecule has 0 saturated heterocycles. The Morgan fingerprint density at radius 2 is 2.00 bits per heavy atom. The van der Waals surface area contributed by atoms with Gasteiger partial charge in [0.1, 0.15) is 0 Å². The van der Waals surface area contributed by atoms with E-state index in [2.05, 4.69) is 48.4 Å². The lowest BCUT2D eigenvalue weighted by molar-refractivity contribution is 0.299. The van der Waals surface area contributed by atoms with Crippen LogP contribution in [-0.4, -0.2) is 30.7 Å². The molecular weight excluding hydrogens is 286 g/mol. The average molecular weight is 309 g/mol. The van der Waals surface area contributed by atoms with Gasteiger partial charge in [0.2, 0.25) is 0 Å². The number of nitrogens with zero attached hydrogens (tertiary/aromatic N) is 1. The van der Waals surface area contributed by atoms with Crippen LogP contribution in [0, 0.1) is 0 Å². The maximum absolute atomic E-state index is 10.4. The second-order valence-corrected chi connectivity index (χ2v) is 6.05. The van der Waals surface area contributed by atoms with Gasteiger partial charge >= 0.3 is 0 Å². The molecule has 0 aromatic heterocycles. The minimum Gasteiger partial charge on any atom is -0.504 e. The van der Waals surface area contributed by atoms with Crippen LogP contribution in [0.15, 0.2) is 42.5 Å². The van der Waals surface area contributed by atoms with E-state index in [0.29, 0.717) is 5.75 Å². The van der Waals surface area contributed by atoms with E-state index < -0.39 is 0 Å². The van der Waals surface area contributed by atoms with Crippen molar-refractivity contribution in [3.8, 4) is 11.5 Å². The van der Waals surface area contributed by atoms with E-state index in [4.69, 9.17) is 4.74 Å². The van der Waals surface area contributed by atoms with Crippen molar-refractivity contribution in [2.75, 3.05) is 20.7 Å². The summed E-state index contributed by atoms with van der Waals surface area (Å²) in [6, 6.07) is 12.4. The van der Waals surface area contributed by atoms with E-state index in [1.165, 1.54) is 11.1 Å². The van der Waals surface area contributed by atoms with Crippen molar-refractivity contribution in [1.82, 2.24) is 4.90 Å². The molecule has 2 aromatic rings. The minimum absolute atomic E-state index is 0.286. The quantitative estimate of drug-likeness (QED) is 0.936. The first-order chi connectivity index (χ1) is 11.2. The maximum Gasteiger partial charge on any atom is 0.162 e. The highest BCUT2D eigenvalue weighted by molar-refractivity contribution is 5.64. The Morgan fingerprint density at radius 3 is 2.74 bits per heavy atom. The first kappa shape index (κ1) is 15.6. The van der Waals surface area contributed by atoms with Gasteiger partial charge in [-0.3, -0.25) is 0 Å². The number of hydrogen-bond donors (Lipinski definition) is 1. The fourth-order valence-electron chi connectivity index (χ4n) is 3.12. The number of rotatable bonds is 4. The molecule has 1 aliphatic heterocycles. The third-order valence-corrected chi connectivity index (χ3v) is 4.40. The molecule has 3 rings (SSSR count). The van der Waals surface area contributed by atoms with Gasteiger partial charge in [0.15, 0.2) is 11.5 Å². The van der Waals surface area contributed by atoms with Gasteiger partial charge in [0.05, 0.1) is 7.11 Å². The van der Waals surface area contributed by atoms with Crippen molar-refractivity contribution in [1.29, 1.82) is 0 Å². The number of phenols is 1. The number of methoxy groups -OCH3 is 1. The van der Waals surface area contributed by atoms with Crippen LogP contribution in [0.25, 0.3) is 6.08 Å². The first-order valence-electron chi connectivity index (χ1n) is 7.99. The Labute approximate surface area is 137 Å². The molecule has 0 fully saturated rings. The standard InChI is InChI=1S/C20H23NO2/c1-21-12-11-17-16(10-6-9-15-7-4-3-5-8-15)13-19(23-2)20(22)18(17)14-21/h3-8,10,13,22H,9,11-12,14H2,1-2H3/b10-6+. The summed E-state index contributed by atoms with van der Waals surface area (Å²) in [5, 5.41) is 10.4. The van der Waals surface area contributed by atoms with Gasteiger partial charge in [0, 0.05) is 18.7 Å². The summed E-state index contributed by atoms with van der Waals surface area (Å²) in [6.45, 7) is 1.77. The molecule has 3 heteroatoms. The van der Waals surface area contributed by atoms with Crippen molar-refractivity contribution in [3.05, 3.63) is 64.7 Å². The molecule has 0 atom stereocenters. The second-order valence-electron chi connectivity index (χ2n) is 6.05. The number of allylic oxidation sites excluding steroid dienone is 1. The summed E-state index contributed by atoms with van der Waals surface area (Å²) < 4.78 is 5.35. The summed E-state index contributed by atoms with van der Waals surface area (Å²) >= 11 is 0. The van der Waals surface area contributed by atoms with Crippen molar-refractivity contribution in [2.24, 2.45) is 0 Å². The van der Waals surface area contributed by atoms with E-state index >= 15 is 0 Å². The van der Waals surface area contributed by atoms with Crippen molar-refractivity contribution < 1.29 is 9.84 Å². The number of phenolic OH excluding ortho intramolecular Hbond substituents is 1. The number of aromatic hydroxyl groups is 1. The summed E-state index contributed by atoms with van der Waals surface area (Å²) in [7, 11) is 3.68. The van der Waals surface area contributed by atoms with Gasteiger partial charge in [-0.15, -0.1) is 0 Å². The third kappa shape index (κ3) is 3.40. The molecule has 0 bridgehead atoms. The molecule has 2 aromatic carbocycles. The smallest absolute Gasteiger partial charge is 0.162 e. The molecule has 0 unspecified atom stereocenters. The molecule has 3 nitrogen and oxygen atoms in total. The van der Waals surface area contributed by atoms with E-state index in [1.807, 2.05) is 12.1 Å². The van der Waals surface area contributed by atoms with E-state index in [9.17, 15) is 5.11 Å². The largest absolute Gasteiger partial charge is 0.504 e. The Morgan fingerprint density at radius 1 is 1.22 bits per heavy atom. The number of hydrogen-bond acceptors (Lipinski definition) is 3. The Bertz CT molecular complexity index is 707. The van der Waals surface area contributed by atoms with Crippen LogP contribution in [0.1, 0.15) is 22.3 Å². The van der Waals surface area contributed by atoms with E-state index in [1.54, 1.807) is 7.11 Å². The minimum atomic E-state index is 0.286. The van der Waals surface area contributed by atoms with Crippen LogP contribution < -0.4 is 4.74 Å². The first-order valence-corrected chi connectivity index (χ1v) is 7.99. The van der Waals surface area contributed by atoms with E-state index in [0.717, 1.165) is 37.1 Å². The molecule has 1 heterocycles. The molecule has 0 radical (unpaired) electrons. The lowest BCUT2D eigenvalue weighted by Crippen LogP contribution is -2.27. The topological polar surface area (TPSA) is 32.7 Å². The fraction of sp³-hybridized carbons (Fsp3) is 0.300. The zero-order chi connectivity index (χ0) is 16.2. The molecule has 0 amide bonds. The number of likely N-dealkylation sites (N-methyl/N-ethyl adjacent to an activating group) is 1. The maximum atomic E-state index is 10.4. The van der Waals surface area contributed by atoms with Gasteiger partial charge in [-0.05, 0) is 42.6 Å². The summed E-state index contributed by atoms with van der Waals surface area (Å²) in [6.07, 6.45) is 6.19. The normalized spacial score (nSPS) is 14.9.